The van der Waals surface area contributed by atoms with Crippen molar-refractivity contribution in [2.24, 2.45) is 5.92 Å². The van der Waals surface area contributed by atoms with Gasteiger partial charge in [-0.05, 0) is 25.0 Å². The number of benzene rings is 1. The lowest BCUT2D eigenvalue weighted by Gasteiger charge is -2.31. The zero-order chi connectivity index (χ0) is 15.1. The van der Waals surface area contributed by atoms with Gasteiger partial charge >= 0.3 is 5.97 Å². The van der Waals surface area contributed by atoms with Gasteiger partial charge < -0.3 is 14.4 Å². The summed E-state index contributed by atoms with van der Waals surface area (Å²) in [6.07, 6.45) is 3.06. The summed E-state index contributed by atoms with van der Waals surface area (Å²) in [7, 11) is 0. The zero-order valence-corrected chi connectivity index (χ0v) is 11.9. The van der Waals surface area contributed by atoms with Crippen LogP contribution in [0.3, 0.4) is 0 Å². The van der Waals surface area contributed by atoms with Crippen molar-refractivity contribution in [3.63, 3.8) is 0 Å². The molecule has 0 saturated carbocycles. The Morgan fingerprint density at radius 3 is 3.05 bits per heavy atom. The lowest BCUT2D eigenvalue weighted by Crippen LogP contribution is -2.39. The van der Waals surface area contributed by atoms with Gasteiger partial charge in [-0.15, -0.1) is 0 Å². The Hall–Kier alpha value is -2.63. The third kappa shape index (κ3) is 1.99. The Kier molecular flexibility index (Phi) is 2.96. The van der Waals surface area contributed by atoms with Gasteiger partial charge in [0, 0.05) is 18.5 Å². The highest BCUT2D eigenvalue weighted by Crippen LogP contribution is 2.33. The van der Waals surface area contributed by atoms with E-state index in [2.05, 4.69) is 9.97 Å². The molecule has 0 bridgehead atoms. The minimum Gasteiger partial charge on any atom is -0.481 e. The number of rotatable bonds is 2. The van der Waals surface area contributed by atoms with Crippen LogP contribution in [0.15, 0.2) is 35.0 Å². The fourth-order valence-electron chi connectivity index (χ4n) is 3.11. The van der Waals surface area contributed by atoms with Crippen LogP contribution in [0.2, 0.25) is 0 Å². The number of furan rings is 1. The maximum absolute atomic E-state index is 11.3. The summed E-state index contributed by atoms with van der Waals surface area (Å²) >= 11 is 0. The van der Waals surface area contributed by atoms with E-state index in [1.807, 2.05) is 29.2 Å². The van der Waals surface area contributed by atoms with E-state index in [0.717, 1.165) is 29.5 Å². The first-order valence-electron chi connectivity index (χ1n) is 7.34. The molecule has 3 aromatic rings. The van der Waals surface area contributed by atoms with Crippen LogP contribution in [0.4, 0.5) is 5.82 Å². The Labute approximate surface area is 126 Å². The predicted octanol–water partition coefficient (Wildman–Crippen LogP) is 2.68. The highest BCUT2D eigenvalue weighted by Gasteiger charge is 2.28. The van der Waals surface area contributed by atoms with Gasteiger partial charge in [0.05, 0.1) is 5.92 Å². The molecule has 0 aliphatic carbocycles. The van der Waals surface area contributed by atoms with Crippen molar-refractivity contribution in [2.75, 3.05) is 18.0 Å². The topological polar surface area (TPSA) is 79.5 Å². The second-order valence-electron chi connectivity index (χ2n) is 5.60. The van der Waals surface area contributed by atoms with Gasteiger partial charge in [-0.2, -0.15) is 0 Å². The second kappa shape index (κ2) is 4.98. The molecule has 112 valence electrons. The number of aliphatic carboxylic acids is 1. The summed E-state index contributed by atoms with van der Waals surface area (Å²) < 4.78 is 5.92. The van der Waals surface area contributed by atoms with Crippen LogP contribution in [0.5, 0.6) is 0 Å². The van der Waals surface area contributed by atoms with E-state index < -0.39 is 5.97 Å². The molecule has 1 aliphatic rings. The molecule has 1 fully saturated rings. The number of carbonyl (C=O) groups is 1. The van der Waals surface area contributed by atoms with Crippen LogP contribution in [-0.2, 0) is 4.79 Å². The number of anilines is 1. The van der Waals surface area contributed by atoms with Crippen molar-refractivity contribution in [3.05, 3.63) is 30.6 Å². The number of aromatic nitrogens is 2. The van der Waals surface area contributed by atoms with Crippen molar-refractivity contribution in [3.8, 4) is 0 Å². The second-order valence-corrected chi connectivity index (χ2v) is 5.60. The summed E-state index contributed by atoms with van der Waals surface area (Å²) in [5, 5.41) is 10.2. The van der Waals surface area contributed by atoms with E-state index in [4.69, 9.17) is 4.42 Å². The van der Waals surface area contributed by atoms with Gasteiger partial charge in [-0.25, -0.2) is 9.97 Å². The molecule has 0 unspecified atom stereocenters. The first kappa shape index (κ1) is 13.1. The van der Waals surface area contributed by atoms with Crippen LogP contribution in [0, 0.1) is 5.92 Å². The van der Waals surface area contributed by atoms with Gasteiger partial charge in [0.15, 0.2) is 11.4 Å². The fraction of sp³-hybridized carbons (Fsp3) is 0.312. The van der Waals surface area contributed by atoms with E-state index in [0.29, 0.717) is 24.4 Å². The minimum absolute atomic E-state index is 0.358. The van der Waals surface area contributed by atoms with Gasteiger partial charge in [0.25, 0.3) is 0 Å². The van der Waals surface area contributed by atoms with Crippen molar-refractivity contribution in [1.82, 2.24) is 9.97 Å². The smallest absolute Gasteiger partial charge is 0.308 e. The Morgan fingerprint density at radius 2 is 2.18 bits per heavy atom. The molecule has 22 heavy (non-hydrogen) atoms. The molecule has 6 nitrogen and oxygen atoms in total. The lowest BCUT2D eigenvalue weighted by molar-refractivity contribution is -0.141. The molecule has 0 radical (unpaired) electrons. The summed E-state index contributed by atoms with van der Waals surface area (Å²) in [5.74, 6) is -0.421. The number of para-hydroxylation sites is 1. The molecule has 3 heterocycles. The van der Waals surface area contributed by atoms with Crippen molar-refractivity contribution >= 4 is 33.9 Å². The van der Waals surface area contributed by atoms with E-state index >= 15 is 0 Å². The Morgan fingerprint density at radius 1 is 1.32 bits per heavy atom. The van der Waals surface area contributed by atoms with Gasteiger partial charge in [0.2, 0.25) is 0 Å². The lowest BCUT2D eigenvalue weighted by atomic mass is 9.98. The van der Waals surface area contributed by atoms with Crippen LogP contribution in [0.1, 0.15) is 12.8 Å². The van der Waals surface area contributed by atoms with Crippen molar-refractivity contribution < 1.29 is 14.3 Å². The predicted molar refractivity (Wildman–Crippen MR) is 81.9 cm³/mol. The van der Waals surface area contributed by atoms with E-state index in [9.17, 15) is 9.90 Å². The molecule has 0 spiro atoms. The summed E-state index contributed by atoms with van der Waals surface area (Å²) in [6, 6.07) is 7.73. The normalized spacial score (nSPS) is 18.9. The fourth-order valence-corrected chi connectivity index (χ4v) is 3.11. The van der Waals surface area contributed by atoms with E-state index in [-0.39, 0.29) is 5.92 Å². The molecule has 2 aromatic heterocycles. The third-order valence-electron chi connectivity index (χ3n) is 4.21. The molecule has 0 amide bonds. The highest BCUT2D eigenvalue weighted by molar-refractivity contribution is 6.05. The molecule has 1 atom stereocenters. The van der Waals surface area contributed by atoms with Crippen LogP contribution >= 0.6 is 0 Å². The number of hydrogen-bond acceptors (Lipinski definition) is 5. The minimum atomic E-state index is -0.750. The number of nitrogens with zero attached hydrogens (tertiary/aromatic N) is 3. The van der Waals surface area contributed by atoms with Crippen molar-refractivity contribution in [2.45, 2.75) is 12.8 Å². The Bertz CT molecular complexity index is 858. The maximum atomic E-state index is 11.3. The van der Waals surface area contributed by atoms with Gasteiger partial charge in [-0.3, -0.25) is 4.79 Å². The number of fused-ring (bicyclic) bond motifs is 3. The average molecular weight is 297 g/mol. The average Bonchev–Trinajstić information content (AvgIpc) is 2.93. The SMILES string of the molecule is O=C(O)[C@@H]1CCCN(c2ncnc3c2oc2ccccc23)C1. The highest BCUT2D eigenvalue weighted by atomic mass is 16.4. The van der Waals surface area contributed by atoms with Crippen molar-refractivity contribution in [1.29, 1.82) is 0 Å². The monoisotopic (exact) mass is 297 g/mol. The summed E-state index contributed by atoms with van der Waals surface area (Å²) in [4.78, 5) is 21.9. The number of piperidine rings is 1. The van der Waals surface area contributed by atoms with Crippen LogP contribution in [-0.4, -0.2) is 34.1 Å². The largest absolute Gasteiger partial charge is 0.481 e. The molecular formula is C16H15N3O3. The Balaban J connectivity index is 1.83. The third-order valence-corrected chi connectivity index (χ3v) is 4.21. The summed E-state index contributed by atoms with van der Waals surface area (Å²) in [5.41, 5.74) is 2.18. The number of carboxylic acids is 1. The first-order chi connectivity index (χ1) is 10.7. The summed E-state index contributed by atoms with van der Waals surface area (Å²) in [6.45, 7) is 1.24. The number of carboxylic acid groups (broad SMARTS) is 1. The zero-order valence-electron chi connectivity index (χ0n) is 11.9. The molecule has 1 saturated heterocycles. The molecule has 1 N–H and O–H groups in total. The van der Waals surface area contributed by atoms with Crippen LogP contribution in [0.25, 0.3) is 22.1 Å². The standard InChI is InChI=1S/C16H15N3O3/c20-16(21)10-4-3-7-19(8-10)15-14-13(17-9-18-15)11-5-1-2-6-12(11)22-14/h1-2,5-6,9-10H,3-4,7-8H2,(H,20,21)/t10-/m1/s1. The molecular weight excluding hydrogens is 282 g/mol. The molecule has 4 rings (SSSR count). The molecule has 6 heteroatoms. The van der Waals surface area contributed by atoms with Gasteiger partial charge in [0.1, 0.15) is 17.4 Å². The van der Waals surface area contributed by atoms with Gasteiger partial charge in [-0.1, -0.05) is 12.1 Å². The molecule has 1 aromatic carbocycles. The number of hydrogen-bond donors (Lipinski definition) is 1. The maximum Gasteiger partial charge on any atom is 0.308 e. The molecule has 1 aliphatic heterocycles. The first-order valence-corrected chi connectivity index (χ1v) is 7.34. The van der Waals surface area contributed by atoms with E-state index in [1.165, 1.54) is 6.33 Å². The quantitative estimate of drug-likeness (QED) is 0.783. The van der Waals surface area contributed by atoms with E-state index in [1.54, 1.807) is 0 Å². The van der Waals surface area contributed by atoms with Crippen LogP contribution < -0.4 is 4.90 Å².